The quantitative estimate of drug-likeness (QED) is 0.675. The number of unbranched alkanes of at least 4 members (excludes halogenated alkanes) is 1. The molecule has 0 spiro atoms. The second-order valence-corrected chi connectivity index (χ2v) is 5.46. The lowest BCUT2D eigenvalue weighted by molar-refractivity contribution is 0.0754. The fourth-order valence-corrected chi connectivity index (χ4v) is 2.31. The highest BCUT2D eigenvalue weighted by molar-refractivity contribution is 6.02. The Morgan fingerprint density at radius 3 is 2.90 bits per heavy atom. The molecule has 116 valence electrons. The normalized spacial score (nSPS) is 13.3. The molecule has 2 rings (SSSR count). The van der Waals surface area contributed by atoms with E-state index in [1.54, 1.807) is 0 Å². The van der Waals surface area contributed by atoms with Crippen LogP contribution in [0.3, 0.4) is 0 Å². The van der Waals surface area contributed by atoms with E-state index >= 15 is 0 Å². The fourth-order valence-electron chi connectivity index (χ4n) is 2.31. The summed E-state index contributed by atoms with van der Waals surface area (Å²) in [6, 6.07) is 5.75. The minimum absolute atomic E-state index is 0.0205. The second kappa shape index (κ2) is 7.88. The number of rotatable bonds is 7. The van der Waals surface area contributed by atoms with Gasteiger partial charge in [-0.15, -0.1) is 0 Å². The molecule has 5 nitrogen and oxygen atoms in total. The fraction of sp³-hybridized carbons (Fsp3) is 0.562. The molecule has 0 radical (unpaired) electrons. The lowest BCUT2D eigenvalue weighted by Gasteiger charge is -2.22. The van der Waals surface area contributed by atoms with Crippen molar-refractivity contribution in [2.75, 3.05) is 36.9 Å². The first kappa shape index (κ1) is 15.6. The van der Waals surface area contributed by atoms with Crippen LogP contribution >= 0.6 is 0 Å². The third-order valence-electron chi connectivity index (χ3n) is 3.36. The molecule has 0 saturated heterocycles. The summed E-state index contributed by atoms with van der Waals surface area (Å²) >= 11 is 0. The molecule has 3 N–H and O–H groups in total. The zero-order valence-corrected chi connectivity index (χ0v) is 12.9. The van der Waals surface area contributed by atoms with E-state index < -0.39 is 0 Å². The van der Waals surface area contributed by atoms with Gasteiger partial charge in [0.2, 0.25) is 0 Å². The number of anilines is 2. The molecule has 1 heterocycles. The van der Waals surface area contributed by atoms with Gasteiger partial charge in [0.25, 0.3) is 5.91 Å². The van der Waals surface area contributed by atoms with Gasteiger partial charge in [0.1, 0.15) is 0 Å². The van der Waals surface area contributed by atoms with E-state index in [0.717, 1.165) is 43.9 Å². The summed E-state index contributed by atoms with van der Waals surface area (Å²) in [5.74, 6) is -0.0205. The van der Waals surface area contributed by atoms with Gasteiger partial charge in [-0.05, 0) is 38.8 Å². The van der Waals surface area contributed by atoms with E-state index in [1.807, 2.05) is 32.0 Å². The highest BCUT2D eigenvalue weighted by Crippen LogP contribution is 2.28. The molecule has 1 aliphatic rings. The van der Waals surface area contributed by atoms with Gasteiger partial charge >= 0.3 is 0 Å². The van der Waals surface area contributed by atoms with Gasteiger partial charge in [0, 0.05) is 26.2 Å². The number of carbonyl (C=O) groups is 1. The molecule has 0 fully saturated rings. The summed E-state index contributed by atoms with van der Waals surface area (Å²) < 4.78 is 5.48. The van der Waals surface area contributed by atoms with Crippen LogP contribution in [0.2, 0.25) is 0 Å². The van der Waals surface area contributed by atoms with Gasteiger partial charge < -0.3 is 20.7 Å². The first-order valence-corrected chi connectivity index (χ1v) is 7.69. The Kier molecular flexibility index (Phi) is 5.87. The Labute approximate surface area is 126 Å². The zero-order valence-electron chi connectivity index (χ0n) is 12.9. The van der Waals surface area contributed by atoms with E-state index in [1.165, 1.54) is 0 Å². The van der Waals surface area contributed by atoms with Crippen LogP contribution in [0.5, 0.6) is 0 Å². The topological polar surface area (TPSA) is 62.4 Å². The van der Waals surface area contributed by atoms with Gasteiger partial charge in [-0.1, -0.05) is 6.07 Å². The molecule has 21 heavy (non-hydrogen) atoms. The van der Waals surface area contributed by atoms with E-state index in [0.29, 0.717) is 12.1 Å². The van der Waals surface area contributed by atoms with Gasteiger partial charge in [0.15, 0.2) is 0 Å². The van der Waals surface area contributed by atoms with E-state index in [4.69, 9.17) is 4.74 Å². The average molecular weight is 291 g/mol. The van der Waals surface area contributed by atoms with Crippen LogP contribution in [0.1, 0.15) is 37.0 Å². The number of amides is 1. The van der Waals surface area contributed by atoms with Crippen molar-refractivity contribution in [1.82, 2.24) is 5.32 Å². The number of benzene rings is 1. The number of nitrogens with one attached hydrogen (secondary N) is 3. The summed E-state index contributed by atoms with van der Waals surface area (Å²) in [6.45, 7) is 7.21. The Morgan fingerprint density at radius 1 is 1.29 bits per heavy atom. The molecule has 0 bridgehead atoms. The molecule has 1 aliphatic heterocycles. The van der Waals surface area contributed by atoms with Crippen molar-refractivity contribution >= 4 is 17.3 Å². The smallest absolute Gasteiger partial charge is 0.253 e. The van der Waals surface area contributed by atoms with Gasteiger partial charge in [-0.3, -0.25) is 4.79 Å². The monoisotopic (exact) mass is 291 g/mol. The third kappa shape index (κ3) is 4.63. The van der Waals surface area contributed by atoms with Crippen molar-refractivity contribution in [3.8, 4) is 0 Å². The molecule has 1 aromatic carbocycles. The summed E-state index contributed by atoms with van der Waals surface area (Å²) in [6.07, 6.45) is 2.17. The Balaban J connectivity index is 1.79. The summed E-state index contributed by atoms with van der Waals surface area (Å²) in [5.41, 5.74) is 2.61. The van der Waals surface area contributed by atoms with Gasteiger partial charge in [-0.25, -0.2) is 0 Å². The van der Waals surface area contributed by atoms with Crippen molar-refractivity contribution in [2.24, 2.45) is 0 Å². The number of para-hydroxylation sites is 1. The standard InChI is InChI=1S/C16H25N3O2/c1-12(2)21-11-4-3-8-19-16(20)13-6-5-7-14-15(13)18-10-9-17-14/h5-7,12,17-18H,3-4,8-11H2,1-2H3,(H,19,20). The number of hydrogen-bond acceptors (Lipinski definition) is 4. The lowest BCUT2D eigenvalue weighted by atomic mass is 10.1. The Morgan fingerprint density at radius 2 is 2.10 bits per heavy atom. The van der Waals surface area contributed by atoms with E-state index in [2.05, 4.69) is 16.0 Å². The van der Waals surface area contributed by atoms with Crippen LogP contribution in [0, 0.1) is 0 Å². The Hall–Kier alpha value is -1.75. The number of fused-ring (bicyclic) bond motifs is 1. The molecule has 0 atom stereocenters. The molecule has 0 unspecified atom stereocenters. The summed E-state index contributed by atoms with van der Waals surface area (Å²) in [7, 11) is 0. The largest absolute Gasteiger partial charge is 0.382 e. The summed E-state index contributed by atoms with van der Waals surface area (Å²) in [4.78, 5) is 12.2. The molecule has 1 aromatic rings. The van der Waals surface area contributed by atoms with Crippen LogP contribution in [0.4, 0.5) is 11.4 Å². The highest BCUT2D eigenvalue weighted by Gasteiger charge is 2.16. The predicted octanol–water partition coefficient (Wildman–Crippen LogP) is 2.46. The van der Waals surface area contributed by atoms with Crippen molar-refractivity contribution in [1.29, 1.82) is 0 Å². The van der Waals surface area contributed by atoms with Crippen molar-refractivity contribution < 1.29 is 9.53 Å². The highest BCUT2D eigenvalue weighted by atomic mass is 16.5. The maximum Gasteiger partial charge on any atom is 0.253 e. The molecule has 0 aliphatic carbocycles. The molecular formula is C16H25N3O2. The van der Waals surface area contributed by atoms with Crippen LogP contribution in [0.15, 0.2) is 18.2 Å². The van der Waals surface area contributed by atoms with Gasteiger partial charge in [0.05, 0.1) is 23.0 Å². The minimum Gasteiger partial charge on any atom is -0.382 e. The SMILES string of the molecule is CC(C)OCCCCNC(=O)c1cccc2c1NCCN2. The van der Waals surface area contributed by atoms with Crippen molar-refractivity contribution in [3.05, 3.63) is 23.8 Å². The van der Waals surface area contributed by atoms with Crippen LogP contribution in [-0.2, 0) is 4.74 Å². The van der Waals surface area contributed by atoms with E-state index in [9.17, 15) is 4.79 Å². The molecule has 0 saturated carbocycles. The zero-order chi connectivity index (χ0) is 15.1. The van der Waals surface area contributed by atoms with E-state index in [-0.39, 0.29) is 12.0 Å². The van der Waals surface area contributed by atoms with Gasteiger partial charge in [-0.2, -0.15) is 0 Å². The number of ether oxygens (including phenoxy) is 1. The molecular weight excluding hydrogens is 266 g/mol. The average Bonchev–Trinajstić information content (AvgIpc) is 2.49. The predicted molar refractivity (Wildman–Crippen MR) is 86.1 cm³/mol. The van der Waals surface area contributed by atoms with Crippen molar-refractivity contribution in [2.45, 2.75) is 32.8 Å². The number of hydrogen-bond donors (Lipinski definition) is 3. The van der Waals surface area contributed by atoms with Crippen LogP contribution in [0.25, 0.3) is 0 Å². The molecule has 1 amide bonds. The first-order valence-electron chi connectivity index (χ1n) is 7.69. The first-order chi connectivity index (χ1) is 10.2. The molecule has 5 heteroatoms. The maximum atomic E-state index is 12.2. The van der Waals surface area contributed by atoms with Crippen LogP contribution in [-0.4, -0.2) is 38.3 Å². The minimum atomic E-state index is -0.0205. The van der Waals surface area contributed by atoms with Crippen LogP contribution < -0.4 is 16.0 Å². The maximum absolute atomic E-state index is 12.2. The third-order valence-corrected chi connectivity index (χ3v) is 3.36. The lowest BCUT2D eigenvalue weighted by Crippen LogP contribution is -2.28. The Bertz CT molecular complexity index is 475. The van der Waals surface area contributed by atoms with Crippen molar-refractivity contribution in [3.63, 3.8) is 0 Å². The summed E-state index contributed by atoms with van der Waals surface area (Å²) in [5, 5.41) is 9.56. The second-order valence-electron chi connectivity index (χ2n) is 5.46. The number of carbonyl (C=O) groups excluding carboxylic acids is 1. The molecule has 0 aromatic heterocycles.